The second kappa shape index (κ2) is 10.2. The van der Waals surface area contributed by atoms with Crippen molar-refractivity contribution >= 4 is 23.5 Å². The third-order valence-electron chi connectivity index (χ3n) is 8.85. The first kappa shape index (κ1) is 27.3. The number of hydrogen-bond acceptors (Lipinski definition) is 5. The Kier molecular flexibility index (Phi) is 7.55. The number of hydrogen-bond donors (Lipinski definition) is 2. The second-order valence-electron chi connectivity index (χ2n) is 11.2. The number of carboxylic acid groups (broad SMARTS) is 1. The highest BCUT2D eigenvalue weighted by Crippen LogP contribution is 2.65. The number of aliphatic carboxylic acids is 1. The molecule has 3 saturated heterocycles. The summed E-state index contributed by atoms with van der Waals surface area (Å²) >= 11 is 0. The van der Waals surface area contributed by atoms with Crippen molar-refractivity contribution in [2.45, 2.75) is 77.0 Å². The first-order chi connectivity index (χ1) is 17.5. The molecule has 6 atom stereocenters. The van der Waals surface area contributed by atoms with Gasteiger partial charge in [-0.1, -0.05) is 38.0 Å². The van der Waals surface area contributed by atoms with Gasteiger partial charge in [0.2, 0.25) is 5.91 Å². The molecule has 2 bridgehead atoms. The standard InChI is InChI=1S/C29H40N2O6/c1-6-13-30(21-16-18(2)11-12-19(21)3)26(34)24-29-17-20(4)28(5,37-29)23(27(35)36)22(29)25(33)31(24)14-9-7-8-10-15-32/h6,11-12,16,20,22-24,32H,1,7-10,13-15,17H2,2-5H3,(H,35,36)/t20?,22-,23+,24?,28-,29?/m0/s1. The van der Waals surface area contributed by atoms with E-state index >= 15 is 0 Å². The van der Waals surface area contributed by atoms with Crippen LogP contribution in [0.1, 0.15) is 57.1 Å². The average Bonchev–Trinajstić information content (AvgIpc) is 3.35. The molecule has 0 aromatic heterocycles. The zero-order chi connectivity index (χ0) is 27.1. The fourth-order valence-electron chi connectivity index (χ4n) is 6.98. The van der Waals surface area contributed by atoms with Gasteiger partial charge in [-0.2, -0.15) is 0 Å². The molecule has 3 unspecified atom stereocenters. The Morgan fingerprint density at radius 2 is 1.95 bits per heavy atom. The van der Waals surface area contributed by atoms with Crippen molar-refractivity contribution in [3.8, 4) is 0 Å². The van der Waals surface area contributed by atoms with Gasteiger partial charge in [-0.3, -0.25) is 14.4 Å². The first-order valence-corrected chi connectivity index (χ1v) is 13.4. The predicted octanol–water partition coefficient (Wildman–Crippen LogP) is 3.47. The van der Waals surface area contributed by atoms with E-state index < -0.39 is 35.0 Å². The van der Waals surface area contributed by atoms with Gasteiger partial charge in [-0.25, -0.2) is 0 Å². The van der Waals surface area contributed by atoms with Crippen LogP contribution in [0.3, 0.4) is 0 Å². The summed E-state index contributed by atoms with van der Waals surface area (Å²) in [6.07, 6.45) is 5.09. The zero-order valence-electron chi connectivity index (χ0n) is 22.4. The van der Waals surface area contributed by atoms with E-state index in [0.717, 1.165) is 29.7 Å². The van der Waals surface area contributed by atoms with Crippen molar-refractivity contribution in [3.63, 3.8) is 0 Å². The van der Waals surface area contributed by atoms with E-state index in [4.69, 9.17) is 9.84 Å². The van der Waals surface area contributed by atoms with Crippen molar-refractivity contribution in [1.29, 1.82) is 0 Å². The lowest BCUT2D eigenvalue weighted by molar-refractivity contribution is -0.156. The van der Waals surface area contributed by atoms with Crippen LogP contribution in [0.4, 0.5) is 5.69 Å². The number of aliphatic hydroxyl groups excluding tert-OH is 1. The van der Waals surface area contributed by atoms with E-state index in [0.29, 0.717) is 25.8 Å². The van der Waals surface area contributed by atoms with E-state index in [2.05, 4.69) is 6.58 Å². The minimum Gasteiger partial charge on any atom is -0.481 e. The Bertz CT molecular complexity index is 1090. The molecule has 0 aliphatic carbocycles. The number of fused-ring (bicyclic) bond motifs is 1. The van der Waals surface area contributed by atoms with E-state index in [9.17, 15) is 19.5 Å². The maximum atomic E-state index is 14.5. The van der Waals surface area contributed by atoms with Crippen LogP contribution in [-0.2, 0) is 19.1 Å². The Balaban J connectivity index is 1.78. The quantitative estimate of drug-likeness (QED) is 0.347. The molecular formula is C29H40N2O6. The second-order valence-corrected chi connectivity index (χ2v) is 11.2. The predicted molar refractivity (Wildman–Crippen MR) is 140 cm³/mol. The van der Waals surface area contributed by atoms with Gasteiger partial charge in [-0.15, -0.1) is 6.58 Å². The number of aliphatic hydroxyl groups is 1. The van der Waals surface area contributed by atoms with Crippen LogP contribution in [-0.4, -0.2) is 69.8 Å². The Morgan fingerprint density at radius 3 is 2.59 bits per heavy atom. The molecule has 0 radical (unpaired) electrons. The molecule has 1 aromatic carbocycles. The molecule has 0 saturated carbocycles. The molecule has 3 fully saturated rings. The van der Waals surface area contributed by atoms with Gasteiger partial charge in [0.15, 0.2) is 0 Å². The monoisotopic (exact) mass is 512 g/mol. The number of carbonyl (C=O) groups excluding carboxylic acids is 2. The number of unbranched alkanes of at least 4 members (excludes halogenated alkanes) is 3. The van der Waals surface area contributed by atoms with E-state index in [1.165, 1.54) is 0 Å². The number of benzene rings is 1. The van der Waals surface area contributed by atoms with Gasteiger partial charge in [0.25, 0.3) is 5.91 Å². The first-order valence-electron chi connectivity index (χ1n) is 13.4. The van der Waals surface area contributed by atoms with Crippen molar-refractivity contribution in [2.24, 2.45) is 17.8 Å². The number of carbonyl (C=O) groups is 3. The largest absolute Gasteiger partial charge is 0.481 e. The fraction of sp³-hybridized carbons (Fsp3) is 0.621. The fourth-order valence-corrected chi connectivity index (χ4v) is 6.98. The SMILES string of the molecule is C=CCN(C(=O)C1N(CCCCCCO)C(=O)[C@@H]2[C@H](C(=O)O)[C@@]3(C)OC12CC3C)c1cc(C)ccc1C. The van der Waals surface area contributed by atoms with Crippen LogP contribution in [0, 0.1) is 31.6 Å². The molecule has 2 amide bonds. The summed E-state index contributed by atoms with van der Waals surface area (Å²) in [5, 5.41) is 19.3. The van der Waals surface area contributed by atoms with E-state index in [-0.39, 0.29) is 30.9 Å². The smallest absolute Gasteiger partial charge is 0.310 e. The maximum Gasteiger partial charge on any atom is 0.310 e. The normalized spacial score (nSPS) is 32.0. The van der Waals surface area contributed by atoms with Gasteiger partial charge < -0.3 is 24.7 Å². The average molecular weight is 513 g/mol. The van der Waals surface area contributed by atoms with E-state index in [1.807, 2.05) is 39.0 Å². The lowest BCUT2D eigenvalue weighted by Crippen LogP contribution is -2.57. The molecule has 3 aliphatic rings. The molecule has 8 heteroatoms. The molecular weight excluding hydrogens is 472 g/mol. The molecule has 3 aliphatic heterocycles. The summed E-state index contributed by atoms with van der Waals surface area (Å²) in [5.74, 6) is -3.65. The maximum absolute atomic E-state index is 14.5. The summed E-state index contributed by atoms with van der Waals surface area (Å²) in [6, 6.07) is 4.99. The lowest BCUT2D eigenvalue weighted by Gasteiger charge is -2.37. The minimum atomic E-state index is -1.19. The third kappa shape index (κ3) is 4.28. The van der Waals surface area contributed by atoms with Gasteiger partial charge in [-0.05, 0) is 63.1 Å². The van der Waals surface area contributed by atoms with Crippen LogP contribution in [0.25, 0.3) is 0 Å². The molecule has 2 N–H and O–H groups in total. The van der Waals surface area contributed by atoms with Crippen LogP contribution in [0.5, 0.6) is 0 Å². The molecule has 37 heavy (non-hydrogen) atoms. The summed E-state index contributed by atoms with van der Waals surface area (Å²) in [5.41, 5.74) is 0.484. The number of rotatable bonds is 11. The summed E-state index contributed by atoms with van der Waals surface area (Å²) < 4.78 is 6.61. The van der Waals surface area contributed by atoms with Crippen molar-refractivity contribution in [2.75, 3.05) is 24.6 Å². The van der Waals surface area contributed by atoms with Crippen LogP contribution < -0.4 is 4.90 Å². The minimum absolute atomic E-state index is 0.117. The Labute approximate surface area is 219 Å². The highest BCUT2D eigenvalue weighted by Gasteiger charge is 2.80. The van der Waals surface area contributed by atoms with Gasteiger partial charge in [0.05, 0.1) is 11.5 Å². The summed E-state index contributed by atoms with van der Waals surface area (Å²) in [6.45, 7) is 12.2. The molecule has 3 heterocycles. The number of amides is 2. The van der Waals surface area contributed by atoms with Gasteiger partial charge in [0.1, 0.15) is 17.6 Å². The van der Waals surface area contributed by atoms with Crippen molar-refractivity contribution < 1.29 is 29.3 Å². The van der Waals surface area contributed by atoms with Crippen LogP contribution in [0.15, 0.2) is 30.9 Å². The Morgan fingerprint density at radius 1 is 1.24 bits per heavy atom. The topological polar surface area (TPSA) is 107 Å². The summed E-state index contributed by atoms with van der Waals surface area (Å²) in [7, 11) is 0. The van der Waals surface area contributed by atoms with Crippen molar-refractivity contribution in [1.82, 2.24) is 4.90 Å². The van der Waals surface area contributed by atoms with Crippen LogP contribution in [0.2, 0.25) is 0 Å². The zero-order valence-corrected chi connectivity index (χ0v) is 22.4. The number of nitrogens with zero attached hydrogens (tertiary/aromatic N) is 2. The third-order valence-corrected chi connectivity index (χ3v) is 8.85. The highest BCUT2D eigenvalue weighted by atomic mass is 16.5. The number of carboxylic acids is 1. The lowest BCUT2D eigenvalue weighted by atomic mass is 9.62. The Hall–Kier alpha value is -2.71. The van der Waals surface area contributed by atoms with Crippen LogP contribution >= 0.6 is 0 Å². The highest BCUT2D eigenvalue weighted by molar-refractivity contribution is 6.05. The van der Waals surface area contributed by atoms with Gasteiger partial charge >= 0.3 is 5.97 Å². The molecule has 4 rings (SSSR count). The number of likely N-dealkylation sites (tertiary alicyclic amines) is 1. The number of ether oxygens (including phenoxy) is 1. The molecule has 1 spiro atoms. The van der Waals surface area contributed by atoms with Crippen molar-refractivity contribution in [3.05, 3.63) is 42.0 Å². The molecule has 1 aromatic rings. The number of anilines is 1. The number of aryl methyl sites for hydroxylation is 2. The molecule has 8 nitrogen and oxygen atoms in total. The molecule has 202 valence electrons. The summed E-state index contributed by atoms with van der Waals surface area (Å²) in [4.78, 5) is 44.3. The van der Waals surface area contributed by atoms with Gasteiger partial charge in [0, 0.05) is 25.4 Å². The van der Waals surface area contributed by atoms with E-state index in [1.54, 1.807) is 22.8 Å².